The van der Waals surface area contributed by atoms with E-state index >= 15 is 0 Å². The highest BCUT2D eigenvalue weighted by Crippen LogP contribution is 2.36. The van der Waals surface area contributed by atoms with Crippen LogP contribution >= 0.6 is 0 Å². The number of benzene rings is 2. The highest BCUT2D eigenvalue weighted by Gasteiger charge is 2.21. The maximum Gasteiger partial charge on any atom is 0.118 e. The fourth-order valence-electron chi connectivity index (χ4n) is 4.14. The van der Waals surface area contributed by atoms with E-state index in [0.29, 0.717) is 11.8 Å². The Bertz CT molecular complexity index is 753. The number of ether oxygens (including phenoxy) is 1. The first kappa shape index (κ1) is 20.5. The summed E-state index contributed by atoms with van der Waals surface area (Å²) in [7, 11) is 1.72. The number of hydrogen-bond donors (Lipinski definition) is 0. The number of methoxy groups -OCH3 is 1. The SMILES string of the molecule is CCCCCCc1ccc(C#CC2CCC(c3ccc(OC)cc3)CC2)cc1. The first-order valence-corrected chi connectivity index (χ1v) is 11.0. The van der Waals surface area contributed by atoms with Gasteiger partial charge in [0.05, 0.1) is 7.11 Å². The zero-order valence-electron chi connectivity index (χ0n) is 17.5. The van der Waals surface area contributed by atoms with Crippen molar-refractivity contribution in [3.63, 3.8) is 0 Å². The normalized spacial score (nSPS) is 18.9. The second kappa shape index (κ2) is 11.0. The van der Waals surface area contributed by atoms with E-state index in [1.165, 1.54) is 68.9 Å². The average Bonchev–Trinajstić information content (AvgIpc) is 2.76. The fraction of sp³-hybridized carbons (Fsp3) is 0.481. The maximum absolute atomic E-state index is 5.27. The van der Waals surface area contributed by atoms with Gasteiger partial charge in [0.25, 0.3) is 0 Å². The van der Waals surface area contributed by atoms with Crippen LogP contribution in [0.5, 0.6) is 5.75 Å². The predicted molar refractivity (Wildman–Crippen MR) is 119 cm³/mol. The van der Waals surface area contributed by atoms with Crippen LogP contribution in [0, 0.1) is 17.8 Å². The van der Waals surface area contributed by atoms with E-state index < -0.39 is 0 Å². The van der Waals surface area contributed by atoms with Gasteiger partial charge >= 0.3 is 0 Å². The number of rotatable bonds is 7. The molecule has 0 saturated heterocycles. The summed E-state index contributed by atoms with van der Waals surface area (Å²) in [6.45, 7) is 2.26. The van der Waals surface area contributed by atoms with Gasteiger partial charge in [-0.2, -0.15) is 0 Å². The lowest BCUT2D eigenvalue weighted by Crippen LogP contribution is -2.12. The lowest BCUT2D eigenvalue weighted by molar-refractivity contribution is 0.383. The van der Waals surface area contributed by atoms with Gasteiger partial charge in [0, 0.05) is 11.5 Å². The zero-order valence-corrected chi connectivity index (χ0v) is 17.5. The molecule has 0 heterocycles. The molecule has 0 bridgehead atoms. The molecule has 28 heavy (non-hydrogen) atoms. The average molecular weight is 375 g/mol. The van der Waals surface area contributed by atoms with E-state index in [0.717, 1.165) is 11.3 Å². The Morgan fingerprint density at radius 3 is 2.21 bits per heavy atom. The minimum atomic E-state index is 0.545. The second-order valence-corrected chi connectivity index (χ2v) is 8.10. The van der Waals surface area contributed by atoms with Crippen LogP contribution in [-0.4, -0.2) is 7.11 Å². The smallest absolute Gasteiger partial charge is 0.118 e. The molecule has 1 aliphatic rings. The largest absolute Gasteiger partial charge is 0.497 e. The molecule has 0 aliphatic heterocycles. The van der Waals surface area contributed by atoms with Crippen molar-refractivity contribution < 1.29 is 4.74 Å². The Hall–Kier alpha value is -2.20. The molecule has 0 spiro atoms. The van der Waals surface area contributed by atoms with E-state index in [9.17, 15) is 0 Å². The topological polar surface area (TPSA) is 9.23 Å². The van der Waals surface area contributed by atoms with E-state index in [2.05, 4.69) is 67.3 Å². The van der Waals surface area contributed by atoms with Crippen molar-refractivity contribution in [2.24, 2.45) is 5.92 Å². The summed E-state index contributed by atoms with van der Waals surface area (Å²) in [6, 6.07) is 17.5. The van der Waals surface area contributed by atoms with Crippen molar-refractivity contribution in [1.29, 1.82) is 0 Å². The van der Waals surface area contributed by atoms with E-state index in [-0.39, 0.29) is 0 Å². The molecule has 0 aromatic heterocycles. The highest BCUT2D eigenvalue weighted by molar-refractivity contribution is 5.37. The van der Waals surface area contributed by atoms with Crippen molar-refractivity contribution in [2.75, 3.05) is 7.11 Å². The molecule has 1 saturated carbocycles. The van der Waals surface area contributed by atoms with E-state index in [1.54, 1.807) is 7.11 Å². The Kier molecular flexibility index (Phi) is 8.04. The Morgan fingerprint density at radius 2 is 1.57 bits per heavy atom. The summed E-state index contributed by atoms with van der Waals surface area (Å²) in [5, 5.41) is 0. The molecule has 148 valence electrons. The summed E-state index contributed by atoms with van der Waals surface area (Å²) >= 11 is 0. The second-order valence-electron chi connectivity index (χ2n) is 8.10. The van der Waals surface area contributed by atoms with Gasteiger partial charge in [0.2, 0.25) is 0 Å². The van der Waals surface area contributed by atoms with Gasteiger partial charge in [0.15, 0.2) is 0 Å². The number of hydrogen-bond acceptors (Lipinski definition) is 1. The number of aryl methyl sites for hydroxylation is 1. The maximum atomic E-state index is 5.27. The summed E-state index contributed by atoms with van der Waals surface area (Å²) in [5.41, 5.74) is 4.05. The summed E-state index contributed by atoms with van der Waals surface area (Å²) in [6.07, 6.45) is 11.4. The molecular formula is C27H34O. The molecule has 1 fully saturated rings. The molecule has 0 atom stereocenters. The quantitative estimate of drug-likeness (QED) is 0.369. The van der Waals surface area contributed by atoms with Crippen LogP contribution < -0.4 is 4.74 Å². The van der Waals surface area contributed by atoms with Crippen molar-refractivity contribution >= 4 is 0 Å². The van der Waals surface area contributed by atoms with Crippen LogP contribution in [-0.2, 0) is 6.42 Å². The van der Waals surface area contributed by atoms with Gasteiger partial charge in [-0.15, -0.1) is 0 Å². The fourth-order valence-corrected chi connectivity index (χ4v) is 4.14. The Labute approximate surface area is 171 Å². The van der Waals surface area contributed by atoms with Crippen molar-refractivity contribution in [2.45, 2.75) is 70.6 Å². The Morgan fingerprint density at radius 1 is 0.857 bits per heavy atom. The van der Waals surface area contributed by atoms with Crippen LogP contribution in [0.15, 0.2) is 48.5 Å². The van der Waals surface area contributed by atoms with Crippen LogP contribution in [0.2, 0.25) is 0 Å². The number of unbranched alkanes of at least 4 members (excludes halogenated alkanes) is 3. The van der Waals surface area contributed by atoms with Crippen LogP contribution in [0.25, 0.3) is 0 Å². The third-order valence-corrected chi connectivity index (χ3v) is 6.01. The summed E-state index contributed by atoms with van der Waals surface area (Å²) in [4.78, 5) is 0. The van der Waals surface area contributed by atoms with E-state index in [4.69, 9.17) is 4.74 Å². The molecule has 0 N–H and O–H groups in total. The zero-order chi connectivity index (χ0) is 19.6. The van der Waals surface area contributed by atoms with Gasteiger partial charge in [-0.05, 0) is 79.8 Å². The Balaban J connectivity index is 1.46. The molecule has 1 nitrogen and oxygen atoms in total. The van der Waals surface area contributed by atoms with E-state index in [1.807, 2.05) is 0 Å². The molecule has 2 aromatic carbocycles. The van der Waals surface area contributed by atoms with Gasteiger partial charge < -0.3 is 4.74 Å². The molecule has 1 heteroatoms. The third kappa shape index (κ3) is 6.16. The lowest BCUT2D eigenvalue weighted by Gasteiger charge is -2.26. The van der Waals surface area contributed by atoms with Crippen molar-refractivity contribution in [3.05, 3.63) is 65.2 Å². The van der Waals surface area contributed by atoms with Gasteiger partial charge in [0.1, 0.15) is 5.75 Å². The highest BCUT2D eigenvalue weighted by atomic mass is 16.5. The van der Waals surface area contributed by atoms with Gasteiger partial charge in [-0.3, -0.25) is 0 Å². The molecule has 1 aliphatic carbocycles. The predicted octanol–water partition coefficient (Wildman–Crippen LogP) is 7.14. The molecular weight excluding hydrogens is 340 g/mol. The first-order chi connectivity index (χ1) is 13.8. The molecule has 2 aromatic rings. The summed E-state index contributed by atoms with van der Waals surface area (Å²) in [5.74, 6) is 9.12. The van der Waals surface area contributed by atoms with Crippen LogP contribution in [0.4, 0.5) is 0 Å². The molecule has 0 unspecified atom stereocenters. The lowest BCUT2D eigenvalue weighted by atomic mass is 9.79. The van der Waals surface area contributed by atoms with Gasteiger partial charge in [-0.25, -0.2) is 0 Å². The monoisotopic (exact) mass is 374 g/mol. The third-order valence-electron chi connectivity index (χ3n) is 6.01. The van der Waals surface area contributed by atoms with Crippen LogP contribution in [0.1, 0.15) is 80.9 Å². The van der Waals surface area contributed by atoms with Crippen molar-refractivity contribution in [1.82, 2.24) is 0 Å². The van der Waals surface area contributed by atoms with Crippen LogP contribution in [0.3, 0.4) is 0 Å². The standard InChI is InChI=1S/C27H34O/c1-3-4-5-6-7-22-8-10-23(11-9-22)12-13-24-14-16-25(17-15-24)26-18-20-27(28-2)21-19-26/h8-11,18-21,24-25H,3-7,14-17H2,1-2H3. The minimum absolute atomic E-state index is 0.545. The van der Waals surface area contributed by atoms with Crippen molar-refractivity contribution in [3.8, 4) is 17.6 Å². The minimum Gasteiger partial charge on any atom is -0.497 e. The molecule has 0 amide bonds. The molecule has 3 rings (SSSR count). The van der Waals surface area contributed by atoms with Gasteiger partial charge in [-0.1, -0.05) is 62.3 Å². The summed E-state index contributed by atoms with van der Waals surface area (Å²) < 4.78 is 5.27. The first-order valence-electron chi connectivity index (χ1n) is 11.0. The molecule has 0 radical (unpaired) electrons.